The molecule has 0 aliphatic rings. The van der Waals surface area contributed by atoms with Crippen LogP contribution in [0.2, 0.25) is 0 Å². The molecule has 2 heterocycles. The first-order valence-electron chi connectivity index (χ1n) is 16.9. The molecule has 2 aromatic heterocycles. The highest BCUT2D eigenvalue weighted by molar-refractivity contribution is 6.11. The van der Waals surface area contributed by atoms with Gasteiger partial charge in [-0.05, 0) is 106 Å². The van der Waals surface area contributed by atoms with Crippen molar-refractivity contribution in [1.82, 2.24) is 9.13 Å². The van der Waals surface area contributed by atoms with Gasteiger partial charge in [0.1, 0.15) is 0 Å². The molecule has 0 saturated carbocycles. The number of aromatic nitrogens is 2. The summed E-state index contributed by atoms with van der Waals surface area (Å²) in [6, 6.07) is 65.0. The Bertz CT molecular complexity index is 2920. The molecule has 10 rings (SSSR count). The van der Waals surface area contributed by atoms with Gasteiger partial charge in [-0.1, -0.05) is 103 Å². The molecule has 0 aliphatic carbocycles. The molecule has 0 saturated heterocycles. The molecule has 0 unspecified atom stereocenters. The van der Waals surface area contributed by atoms with Gasteiger partial charge >= 0.3 is 0 Å². The van der Waals surface area contributed by atoms with Gasteiger partial charge in [0, 0.05) is 32.9 Å². The molecule has 0 amide bonds. The van der Waals surface area contributed by atoms with Crippen LogP contribution in [0.1, 0.15) is 5.56 Å². The first-order chi connectivity index (χ1) is 24.7. The van der Waals surface area contributed by atoms with Crippen LogP contribution < -0.4 is 0 Å². The van der Waals surface area contributed by atoms with Crippen LogP contribution >= 0.6 is 0 Å². The second kappa shape index (κ2) is 11.1. The topological polar surface area (TPSA) is 33.6 Å². The average molecular weight is 636 g/mol. The summed E-state index contributed by atoms with van der Waals surface area (Å²) in [5.41, 5.74) is 12.1. The van der Waals surface area contributed by atoms with Crippen LogP contribution in [-0.2, 0) is 0 Å². The number of fused-ring (bicyclic) bond motifs is 7. The molecule has 3 nitrogen and oxygen atoms in total. The molecule has 3 heteroatoms. The lowest BCUT2D eigenvalue weighted by atomic mass is 10.0. The van der Waals surface area contributed by atoms with Crippen molar-refractivity contribution in [1.29, 1.82) is 5.26 Å². The lowest BCUT2D eigenvalue weighted by Crippen LogP contribution is -1.94. The normalized spacial score (nSPS) is 11.6. The van der Waals surface area contributed by atoms with Gasteiger partial charge in [-0.3, -0.25) is 0 Å². The van der Waals surface area contributed by atoms with Crippen molar-refractivity contribution in [2.75, 3.05) is 0 Å². The highest BCUT2D eigenvalue weighted by Crippen LogP contribution is 2.37. The summed E-state index contributed by atoms with van der Waals surface area (Å²) in [4.78, 5) is 0. The minimum absolute atomic E-state index is 0.657. The molecular weight excluding hydrogens is 607 g/mol. The molecule has 0 spiro atoms. The Morgan fingerprint density at radius 1 is 0.340 bits per heavy atom. The van der Waals surface area contributed by atoms with E-state index in [-0.39, 0.29) is 0 Å². The van der Waals surface area contributed by atoms with E-state index in [0.717, 1.165) is 44.3 Å². The number of hydrogen-bond donors (Lipinski definition) is 0. The molecule has 0 aliphatic heterocycles. The van der Waals surface area contributed by atoms with Gasteiger partial charge in [-0.25, -0.2) is 0 Å². The van der Waals surface area contributed by atoms with Gasteiger partial charge in [-0.15, -0.1) is 0 Å². The Balaban J connectivity index is 1.07. The largest absolute Gasteiger partial charge is 0.309 e. The average Bonchev–Trinajstić information content (AvgIpc) is 3.70. The highest BCUT2D eigenvalue weighted by Gasteiger charge is 2.16. The molecule has 0 fully saturated rings. The third-order valence-corrected chi connectivity index (χ3v) is 10.1. The molecule has 50 heavy (non-hydrogen) atoms. The Hall–Kier alpha value is -6.89. The van der Waals surface area contributed by atoms with E-state index in [4.69, 9.17) is 0 Å². The zero-order valence-corrected chi connectivity index (χ0v) is 27.1. The van der Waals surface area contributed by atoms with Gasteiger partial charge in [0.2, 0.25) is 0 Å². The van der Waals surface area contributed by atoms with Crippen LogP contribution in [-0.4, -0.2) is 9.13 Å². The van der Waals surface area contributed by atoms with Crippen molar-refractivity contribution in [2.45, 2.75) is 0 Å². The maximum Gasteiger partial charge on any atom is 0.0991 e. The predicted molar refractivity (Wildman–Crippen MR) is 208 cm³/mol. The summed E-state index contributed by atoms with van der Waals surface area (Å²) in [7, 11) is 0. The maximum absolute atomic E-state index is 9.81. The highest BCUT2D eigenvalue weighted by atomic mass is 15.0. The van der Waals surface area contributed by atoms with Gasteiger partial charge in [0.05, 0.1) is 33.7 Å². The second-order valence-electron chi connectivity index (χ2n) is 12.9. The van der Waals surface area contributed by atoms with E-state index >= 15 is 0 Å². The Morgan fingerprint density at radius 3 is 1.42 bits per heavy atom. The lowest BCUT2D eigenvalue weighted by Gasteiger charge is -2.11. The number of nitrogens with zero attached hydrogens (tertiary/aromatic N) is 3. The Labute approximate surface area is 289 Å². The van der Waals surface area contributed by atoms with E-state index in [0.29, 0.717) is 5.56 Å². The van der Waals surface area contributed by atoms with E-state index in [1.807, 2.05) is 12.1 Å². The molecule has 8 aromatic carbocycles. The van der Waals surface area contributed by atoms with Gasteiger partial charge < -0.3 is 9.13 Å². The van der Waals surface area contributed by atoms with E-state index < -0.39 is 0 Å². The van der Waals surface area contributed by atoms with E-state index in [1.54, 1.807) is 0 Å². The molecular formula is C47H29N3. The molecule has 10 aromatic rings. The number of para-hydroxylation sites is 2. The van der Waals surface area contributed by atoms with Crippen LogP contribution in [0.3, 0.4) is 0 Å². The first kappa shape index (κ1) is 28.2. The Morgan fingerprint density at radius 2 is 0.800 bits per heavy atom. The molecule has 0 atom stereocenters. The SMILES string of the molecule is N#Cc1ccc2c(c1)c1cc(-c3ccc(-n4c5ccccc5c5ccccc54)cc3)ccc1n2-c1ccc(-c2ccc3ccccc3c2)cc1. The summed E-state index contributed by atoms with van der Waals surface area (Å²) >= 11 is 0. The second-order valence-corrected chi connectivity index (χ2v) is 12.9. The summed E-state index contributed by atoms with van der Waals surface area (Å²) in [6.45, 7) is 0. The minimum atomic E-state index is 0.657. The fourth-order valence-corrected chi connectivity index (χ4v) is 7.73. The molecule has 0 bridgehead atoms. The van der Waals surface area contributed by atoms with Crippen molar-refractivity contribution in [3.05, 3.63) is 181 Å². The van der Waals surface area contributed by atoms with Crippen molar-refractivity contribution < 1.29 is 0 Å². The van der Waals surface area contributed by atoms with Gasteiger partial charge in [0.15, 0.2) is 0 Å². The molecule has 232 valence electrons. The summed E-state index contributed by atoms with van der Waals surface area (Å²) in [5.74, 6) is 0. The van der Waals surface area contributed by atoms with E-state index in [1.165, 1.54) is 43.7 Å². The third-order valence-electron chi connectivity index (χ3n) is 10.1. The fourth-order valence-electron chi connectivity index (χ4n) is 7.73. The summed E-state index contributed by atoms with van der Waals surface area (Å²) < 4.78 is 4.66. The van der Waals surface area contributed by atoms with Gasteiger partial charge in [0.25, 0.3) is 0 Å². The van der Waals surface area contributed by atoms with E-state index in [9.17, 15) is 5.26 Å². The quantitative estimate of drug-likeness (QED) is 0.189. The van der Waals surface area contributed by atoms with Crippen molar-refractivity contribution in [2.24, 2.45) is 0 Å². The van der Waals surface area contributed by atoms with Crippen LogP contribution in [0.4, 0.5) is 0 Å². The molecule has 0 radical (unpaired) electrons. The van der Waals surface area contributed by atoms with Crippen LogP contribution in [0.5, 0.6) is 0 Å². The standard InChI is InChI=1S/C47H29N3/c48-30-31-13-25-46-42(27-31)43-29-37(34-18-23-38(24-19-34)49-44-11-5-3-9-40(44)41-10-4-6-12-45(41)49)20-26-47(43)50(46)39-21-16-33(17-22-39)36-15-14-32-7-1-2-8-35(32)28-36/h1-29H. The zero-order chi connectivity index (χ0) is 33.2. The van der Waals surface area contributed by atoms with Crippen molar-refractivity contribution in [3.8, 4) is 39.7 Å². The first-order valence-corrected chi connectivity index (χ1v) is 16.9. The van der Waals surface area contributed by atoms with Crippen molar-refractivity contribution in [3.63, 3.8) is 0 Å². The van der Waals surface area contributed by atoms with Crippen LogP contribution in [0, 0.1) is 11.3 Å². The zero-order valence-electron chi connectivity index (χ0n) is 27.1. The summed E-state index contributed by atoms with van der Waals surface area (Å²) in [6.07, 6.45) is 0. The third kappa shape index (κ3) is 4.36. The minimum Gasteiger partial charge on any atom is -0.309 e. The maximum atomic E-state index is 9.81. The van der Waals surface area contributed by atoms with Crippen LogP contribution in [0.15, 0.2) is 176 Å². The number of rotatable bonds is 4. The smallest absolute Gasteiger partial charge is 0.0991 e. The summed E-state index contributed by atoms with van der Waals surface area (Å²) in [5, 5.41) is 17.0. The predicted octanol–water partition coefficient (Wildman–Crippen LogP) is 12.2. The van der Waals surface area contributed by atoms with E-state index in [2.05, 4.69) is 179 Å². The lowest BCUT2D eigenvalue weighted by molar-refractivity contribution is 1.18. The van der Waals surface area contributed by atoms with Gasteiger partial charge in [-0.2, -0.15) is 5.26 Å². The number of hydrogen-bond acceptors (Lipinski definition) is 1. The Kier molecular flexibility index (Phi) is 6.24. The fraction of sp³-hybridized carbons (Fsp3) is 0. The number of benzene rings is 8. The number of nitriles is 1. The molecule has 0 N–H and O–H groups in total. The van der Waals surface area contributed by atoms with Crippen molar-refractivity contribution >= 4 is 54.4 Å². The monoisotopic (exact) mass is 635 g/mol. The van der Waals surface area contributed by atoms with Crippen LogP contribution in [0.25, 0.3) is 88.0 Å².